The number of nitriles is 1. The van der Waals surface area contributed by atoms with Gasteiger partial charge in [0.2, 0.25) is 0 Å². The fraction of sp³-hybridized carbons (Fsp3) is 0.500. The van der Waals surface area contributed by atoms with E-state index in [1.165, 1.54) is 12.1 Å². The Bertz CT molecular complexity index is 459. The standard InChI is InChI=1S/C14H16FNO2/c1-9-3-13(4-10(2)17-9)18-14-6-11(8-16)5-12(15)7-14/h5-7,9-10,13H,3-4H2,1-2H3. The lowest BCUT2D eigenvalue weighted by Crippen LogP contribution is -2.35. The minimum Gasteiger partial charge on any atom is -0.490 e. The second-order valence-corrected chi connectivity index (χ2v) is 4.76. The summed E-state index contributed by atoms with van der Waals surface area (Å²) in [6, 6.07) is 5.99. The van der Waals surface area contributed by atoms with Crippen molar-refractivity contribution >= 4 is 0 Å². The van der Waals surface area contributed by atoms with Gasteiger partial charge in [-0.05, 0) is 26.0 Å². The van der Waals surface area contributed by atoms with E-state index in [2.05, 4.69) is 0 Å². The van der Waals surface area contributed by atoms with Gasteiger partial charge in [-0.15, -0.1) is 0 Å². The third-order valence-corrected chi connectivity index (χ3v) is 2.96. The number of hydrogen-bond acceptors (Lipinski definition) is 3. The lowest BCUT2D eigenvalue weighted by molar-refractivity contribution is -0.0721. The summed E-state index contributed by atoms with van der Waals surface area (Å²) < 4.78 is 24.6. The van der Waals surface area contributed by atoms with Gasteiger partial charge < -0.3 is 9.47 Å². The number of rotatable bonds is 2. The van der Waals surface area contributed by atoms with E-state index in [0.29, 0.717) is 5.75 Å². The molecule has 18 heavy (non-hydrogen) atoms. The molecule has 96 valence electrons. The Hall–Kier alpha value is -1.60. The molecule has 0 aliphatic carbocycles. The van der Waals surface area contributed by atoms with E-state index in [1.807, 2.05) is 19.9 Å². The summed E-state index contributed by atoms with van der Waals surface area (Å²) >= 11 is 0. The Morgan fingerprint density at radius 1 is 1.28 bits per heavy atom. The topological polar surface area (TPSA) is 42.2 Å². The summed E-state index contributed by atoms with van der Waals surface area (Å²) in [7, 11) is 0. The van der Waals surface area contributed by atoms with Crippen molar-refractivity contribution in [3.05, 3.63) is 29.6 Å². The van der Waals surface area contributed by atoms with Crippen LogP contribution in [0.15, 0.2) is 18.2 Å². The summed E-state index contributed by atoms with van der Waals surface area (Å²) in [6.45, 7) is 4.00. The molecular formula is C14H16FNO2. The van der Waals surface area contributed by atoms with E-state index < -0.39 is 5.82 Å². The quantitative estimate of drug-likeness (QED) is 0.809. The molecule has 0 spiro atoms. The smallest absolute Gasteiger partial charge is 0.128 e. The molecule has 3 nitrogen and oxygen atoms in total. The first-order chi connectivity index (χ1) is 8.56. The van der Waals surface area contributed by atoms with E-state index in [1.54, 1.807) is 6.07 Å². The van der Waals surface area contributed by atoms with Crippen molar-refractivity contribution in [2.24, 2.45) is 0 Å². The van der Waals surface area contributed by atoms with Crippen LogP contribution in [0, 0.1) is 17.1 Å². The number of halogens is 1. The van der Waals surface area contributed by atoms with Crippen molar-refractivity contribution < 1.29 is 13.9 Å². The predicted octanol–water partition coefficient (Wildman–Crippen LogP) is 3.03. The highest BCUT2D eigenvalue weighted by Gasteiger charge is 2.25. The van der Waals surface area contributed by atoms with Gasteiger partial charge in [0.1, 0.15) is 17.7 Å². The summed E-state index contributed by atoms with van der Waals surface area (Å²) in [5, 5.41) is 8.78. The molecule has 2 unspecified atom stereocenters. The van der Waals surface area contributed by atoms with Gasteiger partial charge in [-0.3, -0.25) is 0 Å². The van der Waals surface area contributed by atoms with E-state index >= 15 is 0 Å². The zero-order chi connectivity index (χ0) is 13.1. The molecule has 1 heterocycles. The second-order valence-electron chi connectivity index (χ2n) is 4.76. The van der Waals surface area contributed by atoms with Gasteiger partial charge in [0.25, 0.3) is 0 Å². The molecule has 1 fully saturated rings. The molecule has 0 N–H and O–H groups in total. The molecule has 0 radical (unpaired) electrons. The number of ether oxygens (including phenoxy) is 2. The highest BCUT2D eigenvalue weighted by Crippen LogP contribution is 2.25. The molecule has 2 rings (SSSR count). The van der Waals surface area contributed by atoms with Gasteiger partial charge in [-0.2, -0.15) is 5.26 Å². The zero-order valence-electron chi connectivity index (χ0n) is 10.5. The van der Waals surface area contributed by atoms with Crippen LogP contribution >= 0.6 is 0 Å². The molecule has 1 saturated heterocycles. The summed E-state index contributed by atoms with van der Waals surface area (Å²) in [6.07, 6.45) is 1.86. The lowest BCUT2D eigenvalue weighted by Gasteiger charge is -2.32. The van der Waals surface area contributed by atoms with Crippen LogP contribution in [0.3, 0.4) is 0 Å². The molecule has 4 heteroatoms. The number of hydrogen-bond donors (Lipinski definition) is 0. The van der Waals surface area contributed by atoms with Crippen molar-refractivity contribution in [2.75, 3.05) is 0 Å². The van der Waals surface area contributed by atoms with Crippen LogP contribution in [0.2, 0.25) is 0 Å². The Morgan fingerprint density at radius 3 is 2.56 bits per heavy atom. The van der Waals surface area contributed by atoms with Crippen LogP contribution in [-0.4, -0.2) is 18.3 Å². The average molecular weight is 249 g/mol. The highest BCUT2D eigenvalue weighted by atomic mass is 19.1. The molecule has 0 bridgehead atoms. The average Bonchev–Trinajstić information content (AvgIpc) is 2.26. The maximum absolute atomic E-state index is 13.3. The fourth-order valence-corrected chi connectivity index (χ4v) is 2.33. The summed E-state index contributed by atoms with van der Waals surface area (Å²) in [4.78, 5) is 0. The largest absolute Gasteiger partial charge is 0.490 e. The highest BCUT2D eigenvalue weighted by molar-refractivity contribution is 5.37. The van der Waals surface area contributed by atoms with Gasteiger partial charge in [-0.1, -0.05) is 0 Å². The van der Waals surface area contributed by atoms with Gasteiger partial charge >= 0.3 is 0 Å². The summed E-state index contributed by atoms with van der Waals surface area (Å²) in [5.41, 5.74) is 0.276. The minimum atomic E-state index is -0.447. The van der Waals surface area contributed by atoms with Gasteiger partial charge in [-0.25, -0.2) is 4.39 Å². The van der Waals surface area contributed by atoms with Crippen molar-refractivity contribution in [3.63, 3.8) is 0 Å². The van der Waals surface area contributed by atoms with Crippen LogP contribution in [0.25, 0.3) is 0 Å². The molecule has 0 aromatic heterocycles. The lowest BCUT2D eigenvalue weighted by atomic mass is 10.0. The fourth-order valence-electron chi connectivity index (χ4n) is 2.33. The zero-order valence-corrected chi connectivity index (χ0v) is 10.5. The third kappa shape index (κ3) is 3.21. The Balaban J connectivity index is 2.09. The van der Waals surface area contributed by atoms with E-state index in [9.17, 15) is 4.39 Å². The second kappa shape index (κ2) is 5.36. The summed E-state index contributed by atoms with van der Waals surface area (Å²) in [5.74, 6) is -0.0324. The molecular weight excluding hydrogens is 233 g/mol. The maximum Gasteiger partial charge on any atom is 0.128 e. The van der Waals surface area contributed by atoms with Crippen molar-refractivity contribution in [3.8, 4) is 11.8 Å². The Morgan fingerprint density at radius 2 is 1.94 bits per heavy atom. The van der Waals surface area contributed by atoms with Crippen LogP contribution in [0.1, 0.15) is 32.3 Å². The molecule has 1 aliphatic heterocycles. The van der Waals surface area contributed by atoms with Crippen molar-refractivity contribution in [2.45, 2.75) is 45.0 Å². The van der Waals surface area contributed by atoms with Crippen molar-refractivity contribution in [1.29, 1.82) is 5.26 Å². The van der Waals surface area contributed by atoms with E-state index in [4.69, 9.17) is 14.7 Å². The maximum atomic E-state index is 13.3. The molecule has 2 atom stereocenters. The van der Waals surface area contributed by atoms with Crippen LogP contribution in [0.4, 0.5) is 4.39 Å². The van der Waals surface area contributed by atoms with Crippen molar-refractivity contribution in [1.82, 2.24) is 0 Å². The molecule has 0 saturated carbocycles. The molecule has 1 aromatic carbocycles. The SMILES string of the molecule is CC1CC(Oc2cc(F)cc(C#N)c2)CC(C)O1. The molecule has 0 amide bonds. The van der Waals surface area contributed by atoms with Crippen LogP contribution < -0.4 is 4.74 Å². The predicted molar refractivity (Wildman–Crippen MR) is 64.8 cm³/mol. The Kier molecular flexibility index (Phi) is 3.83. The minimum absolute atomic E-state index is 0.0112. The first-order valence-electron chi connectivity index (χ1n) is 6.09. The van der Waals surface area contributed by atoms with E-state index in [-0.39, 0.29) is 23.9 Å². The van der Waals surface area contributed by atoms with Crippen LogP contribution in [0.5, 0.6) is 5.75 Å². The normalized spacial score (nSPS) is 27.6. The van der Waals surface area contributed by atoms with Crippen LogP contribution in [-0.2, 0) is 4.74 Å². The number of benzene rings is 1. The molecule has 1 aliphatic rings. The number of nitrogens with zero attached hydrogens (tertiary/aromatic N) is 1. The third-order valence-electron chi connectivity index (χ3n) is 2.96. The van der Waals surface area contributed by atoms with Gasteiger partial charge in [0.15, 0.2) is 0 Å². The molecule has 1 aromatic rings. The first kappa shape index (κ1) is 12.8. The van der Waals surface area contributed by atoms with E-state index in [0.717, 1.165) is 12.8 Å². The first-order valence-corrected chi connectivity index (χ1v) is 6.09. The Labute approximate surface area is 106 Å². The van der Waals surface area contributed by atoms with Gasteiger partial charge in [0.05, 0.1) is 23.8 Å². The monoisotopic (exact) mass is 249 g/mol. The van der Waals surface area contributed by atoms with Gasteiger partial charge in [0, 0.05) is 18.9 Å².